The summed E-state index contributed by atoms with van der Waals surface area (Å²) in [5.41, 5.74) is 0. The summed E-state index contributed by atoms with van der Waals surface area (Å²) < 4.78 is 5.59. The maximum Gasteiger partial charge on any atom is 0.0666 e. The lowest BCUT2D eigenvalue weighted by Gasteiger charge is -2.24. The van der Waals surface area contributed by atoms with Gasteiger partial charge in [0.05, 0.1) is 6.10 Å². The van der Waals surface area contributed by atoms with Crippen molar-refractivity contribution < 1.29 is 4.74 Å². The van der Waals surface area contributed by atoms with Crippen molar-refractivity contribution in [2.75, 3.05) is 13.2 Å². The molecule has 1 N–H and O–H groups in total. The molecular weight excluding hydrogens is 206 g/mol. The molecule has 90 valence electrons. The third kappa shape index (κ3) is 4.33. The summed E-state index contributed by atoms with van der Waals surface area (Å²) in [5, 5.41) is 4.93. The molecule has 0 amide bonds. The lowest BCUT2D eigenvalue weighted by Crippen LogP contribution is -2.36. The molecule has 1 aliphatic rings. The molecule has 4 atom stereocenters. The van der Waals surface area contributed by atoms with E-state index in [2.05, 4.69) is 44.8 Å². The number of nitrogens with one attached hydrogen (secondary N) is 1. The zero-order chi connectivity index (χ0) is 11.3. The molecule has 0 bridgehead atoms. The average molecular weight is 231 g/mol. The lowest BCUT2D eigenvalue weighted by atomic mass is 10.2. The van der Waals surface area contributed by atoms with Crippen LogP contribution in [0.5, 0.6) is 0 Å². The van der Waals surface area contributed by atoms with Gasteiger partial charge in [-0.15, -0.1) is 0 Å². The van der Waals surface area contributed by atoms with Crippen molar-refractivity contribution in [1.82, 2.24) is 5.32 Å². The molecule has 0 aromatic carbocycles. The van der Waals surface area contributed by atoms with Crippen LogP contribution in [-0.4, -0.2) is 35.8 Å². The number of ether oxygens (including phenoxy) is 1. The van der Waals surface area contributed by atoms with Crippen molar-refractivity contribution >= 4 is 11.8 Å². The quantitative estimate of drug-likeness (QED) is 0.759. The van der Waals surface area contributed by atoms with E-state index in [1.165, 1.54) is 12.8 Å². The van der Waals surface area contributed by atoms with Gasteiger partial charge in [-0.05, 0) is 33.2 Å². The van der Waals surface area contributed by atoms with Crippen LogP contribution < -0.4 is 5.32 Å². The summed E-state index contributed by atoms with van der Waals surface area (Å²) >= 11 is 2.09. The Morgan fingerprint density at radius 3 is 2.73 bits per heavy atom. The van der Waals surface area contributed by atoms with E-state index < -0.39 is 0 Å². The van der Waals surface area contributed by atoms with Gasteiger partial charge in [0.1, 0.15) is 0 Å². The Morgan fingerprint density at radius 2 is 2.20 bits per heavy atom. The first-order valence-corrected chi connectivity index (χ1v) is 7.09. The molecule has 0 aromatic heterocycles. The van der Waals surface area contributed by atoms with Crippen LogP contribution in [0.15, 0.2) is 0 Å². The topological polar surface area (TPSA) is 21.3 Å². The molecule has 0 spiro atoms. The first kappa shape index (κ1) is 13.3. The van der Waals surface area contributed by atoms with Crippen LogP contribution in [0.1, 0.15) is 40.5 Å². The van der Waals surface area contributed by atoms with Crippen LogP contribution in [0.4, 0.5) is 0 Å². The summed E-state index contributed by atoms with van der Waals surface area (Å²) in [6.07, 6.45) is 2.87. The average Bonchev–Trinajstić information content (AvgIpc) is 2.61. The highest BCUT2D eigenvalue weighted by Gasteiger charge is 2.27. The van der Waals surface area contributed by atoms with Crippen LogP contribution in [-0.2, 0) is 4.74 Å². The third-order valence-corrected chi connectivity index (χ3v) is 4.92. The fourth-order valence-corrected chi connectivity index (χ4v) is 3.24. The molecule has 1 saturated heterocycles. The second kappa shape index (κ2) is 6.77. The third-order valence-electron chi connectivity index (χ3n) is 3.12. The van der Waals surface area contributed by atoms with Gasteiger partial charge >= 0.3 is 0 Å². The van der Waals surface area contributed by atoms with Gasteiger partial charge in [0.15, 0.2) is 0 Å². The Hall–Kier alpha value is 0.270. The fourth-order valence-electron chi connectivity index (χ4n) is 1.82. The molecule has 1 aliphatic heterocycles. The molecule has 1 rings (SSSR count). The van der Waals surface area contributed by atoms with Gasteiger partial charge in [0.2, 0.25) is 0 Å². The second-order valence-electron chi connectivity index (χ2n) is 4.49. The first-order chi connectivity index (χ1) is 7.15. The Kier molecular flexibility index (Phi) is 6.02. The minimum absolute atomic E-state index is 0.441. The van der Waals surface area contributed by atoms with E-state index in [1.807, 2.05) is 0 Å². The van der Waals surface area contributed by atoms with Crippen molar-refractivity contribution in [2.24, 2.45) is 0 Å². The van der Waals surface area contributed by atoms with E-state index in [-0.39, 0.29) is 0 Å². The summed E-state index contributed by atoms with van der Waals surface area (Å²) in [6, 6.07) is 0.600. The van der Waals surface area contributed by atoms with Crippen LogP contribution in [0.2, 0.25) is 0 Å². The minimum atomic E-state index is 0.441. The van der Waals surface area contributed by atoms with E-state index in [4.69, 9.17) is 4.74 Å². The lowest BCUT2D eigenvalue weighted by molar-refractivity contribution is 0.127. The van der Waals surface area contributed by atoms with Gasteiger partial charge < -0.3 is 10.1 Å². The Bertz CT molecular complexity index is 177. The maximum atomic E-state index is 5.59. The van der Waals surface area contributed by atoms with Crippen LogP contribution in [0.25, 0.3) is 0 Å². The zero-order valence-electron chi connectivity index (χ0n) is 10.5. The van der Waals surface area contributed by atoms with Crippen molar-refractivity contribution in [3.63, 3.8) is 0 Å². The second-order valence-corrected chi connectivity index (χ2v) is 6.11. The van der Waals surface area contributed by atoms with Gasteiger partial charge in [0.25, 0.3) is 0 Å². The molecule has 0 aromatic rings. The highest BCUT2D eigenvalue weighted by Crippen LogP contribution is 2.30. The van der Waals surface area contributed by atoms with E-state index in [9.17, 15) is 0 Å². The van der Waals surface area contributed by atoms with Crippen LogP contribution >= 0.6 is 11.8 Å². The number of rotatable bonds is 6. The molecule has 1 fully saturated rings. The number of hydrogen-bond acceptors (Lipinski definition) is 3. The van der Waals surface area contributed by atoms with Gasteiger partial charge in [0, 0.05) is 23.1 Å². The monoisotopic (exact) mass is 231 g/mol. The fraction of sp³-hybridized carbons (Fsp3) is 1.00. The van der Waals surface area contributed by atoms with Gasteiger partial charge in [-0.2, -0.15) is 11.8 Å². The van der Waals surface area contributed by atoms with Crippen LogP contribution in [0.3, 0.4) is 0 Å². The number of hydrogen-bond donors (Lipinski definition) is 1. The largest absolute Gasteiger partial charge is 0.377 e. The molecule has 3 heteroatoms. The summed E-state index contributed by atoms with van der Waals surface area (Å²) in [4.78, 5) is 0. The Morgan fingerprint density at radius 1 is 1.47 bits per heavy atom. The molecule has 1 heterocycles. The van der Waals surface area contributed by atoms with Crippen molar-refractivity contribution in [3.05, 3.63) is 0 Å². The molecule has 2 nitrogen and oxygen atoms in total. The zero-order valence-corrected chi connectivity index (χ0v) is 11.3. The van der Waals surface area contributed by atoms with E-state index in [0.717, 1.165) is 13.2 Å². The standard InChI is InChI=1S/C12H25NOS/c1-5-7-13-9(2)11(4)15-12-6-8-14-10(12)3/h9-13H,5-8H2,1-4H3. The summed E-state index contributed by atoms with van der Waals surface area (Å²) in [7, 11) is 0. The predicted octanol–water partition coefficient (Wildman–Crippen LogP) is 2.67. The van der Waals surface area contributed by atoms with E-state index in [1.54, 1.807) is 0 Å². The molecule has 15 heavy (non-hydrogen) atoms. The minimum Gasteiger partial charge on any atom is -0.377 e. The smallest absolute Gasteiger partial charge is 0.0666 e. The molecule has 0 radical (unpaired) electrons. The molecule has 0 aliphatic carbocycles. The van der Waals surface area contributed by atoms with Gasteiger partial charge in [-0.25, -0.2) is 0 Å². The first-order valence-electron chi connectivity index (χ1n) is 6.15. The highest BCUT2D eigenvalue weighted by atomic mass is 32.2. The van der Waals surface area contributed by atoms with Gasteiger partial charge in [-0.3, -0.25) is 0 Å². The van der Waals surface area contributed by atoms with Crippen LogP contribution in [0, 0.1) is 0 Å². The van der Waals surface area contributed by atoms with Gasteiger partial charge in [-0.1, -0.05) is 13.8 Å². The summed E-state index contributed by atoms with van der Waals surface area (Å²) in [6.45, 7) is 11.1. The highest BCUT2D eigenvalue weighted by molar-refractivity contribution is 8.00. The van der Waals surface area contributed by atoms with Crippen molar-refractivity contribution in [3.8, 4) is 0 Å². The van der Waals surface area contributed by atoms with E-state index >= 15 is 0 Å². The molecule has 0 saturated carbocycles. The van der Waals surface area contributed by atoms with Crippen molar-refractivity contribution in [1.29, 1.82) is 0 Å². The number of thioether (sulfide) groups is 1. The Balaban J connectivity index is 2.24. The molecular formula is C12H25NOS. The molecule has 4 unspecified atom stereocenters. The normalized spacial score (nSPS) is 30.4. The van der Waals surface area contributed by atoms with Crippen molar-refractivity contribution in [2.45, 2.75) is 63.2 Å². The summed E-state index contributed by atoms with van der Waals surface area (Å²) in [5.74, 6) is 0. The predicted molar refractivity (Wildman–Crippen MR) is 68.6 cm³/mol. The maximum absolute atomic E-state index is 5.59. The van der Waals surface area contributed by atoms with E-state index in [0.29, 0.717) is 22.6 Å². The Labute approximate surface area is 98.5 Å². The SMILES string of the molecule is CCCNC(C)C(C)SC1CCOC1C.